The molecule has 1 heteroatoms. The molecule has 0 nitrogen and oxygen atoms in total. The van der Waals surface area contributed by atoms with E-state index in [0.29, 0.717) is 0 Å². The number of hydrogen-bond donors (Lipinski definition) is 0. The molecule has 0 aliphatic carbocycles. The third-order valence-electron chi connectivity index (χ3n) is 1.79. The summed E-state index contributed by atoms with van der Waals surface area (Å²) in [6.07, 6.45) is 2.20. The van der Waals surface area contributed by atoms with E-state index in [0.717, 1.165) is 12.8 Å². The average Bonchev–Trinajstić information content (AvgIpc) is 2.01. The topological polar surface area (TPSA) is 0 Å². The van der Waals surface area contributed by atoms with E-state index in [1.165, 1.54) is 16.4 Å². The number of aryl methyl sites for hydroxylation is 1. The van der Waals surface area contributed by atoms with Crippen molar-refractivity contribution in [2.45, 2.75) is 19.8 Å². The summed E-state index contributed by atoms with van der Waals surface area (Å²) in [5.74, 6) is 0. The summed E-state index contributed by atoms with van der Waals surface area (Å²) in [6, 6.07) is 8.55. The van der Waals surface area contributed by atoms with Crippen LogP contribution in [0, 0.1) is 0 Å². The highest BCUT2D eigenvalue weighted by molar-refractivity contribution is 7.27. The van der Waals surface area contributed by atoms with Crippen molar-refractivity contribution >= 4 is 14.5 Å². The van der Waals surface area contributed by atoms with Crippen LogP contribution in [0.15, 0.2) is 36.4 Å². The zero-order valence-electron chi connectivity index (χ0n) is 7.51. The van der Waals surface area contributed by atoms with Crippen molar-refractivity contribution in [2.24, 2.45) is 0 Å². The molecule has 1 atom stereocenters. The van der Waals surface area contributed by atoms with Gasteiger partial charge in [-0.2, -0.15) is 0 Å². The molecule has 0 saturated heterocycles. The van der Waals surface area contributed by atoms with Gasteiger partial charge >= 0.3 is 0 Å². The predicted molar refractivity (Wildman–Crippen MR) is 58.9 cm³/mol. The van der Waals surface area contributed by atoms with Crippen LogP contribution in [0.25, 0.3) is 0 Å². The lowest BCUT2D eigenvalue weighted by molar-refractivity contribution is 0.947. The van der Waals surface area contributed by atoms with Gasteiger partial charge in [-0.25, -0.2) is 0 Å². The Bertz CT molecular complexity index is 276. The largest absolute Gasteiger partial charge is 0.106 e. The molecule has 1 unspecified atom stereocenters. The van der Waals surface area contributed by atoms with E-state index in [4.69, 9.17) is 0 Å². The van der Waals surface area contributed by atoms with E-state index in [1.807, 2.05) is 0 Å². The maximum Gasteiger partial charge on any atom is -0.0241 e. The van der Waals surface area contributed by atoms with Gasteiger partial charge in [-0.05, 0) is 30.6 Å². The van der Waals surface area contributed by atoms with Crippen molar-refractivity contribution in [1.29, 1.82) is 0 Å². The monoisotopic (exact) mass is 178 g/mol. The minimum Gasteiger partial charge on any atom is -0.106 e. The molecule has 0 spiro atoms. The number of rotatable bonds is 3. The second-order valence-electron chi connectivity index (χ2n) is 3.20. The molecule has 1 aromatic rings. The van der Waals surface area contributed by atoms with Gasteiger partial charge < -0.3 is 0 Å². The fraction of sp³-hybridized carbons (Fsp3) is 0.273. The van der Waals surface area contributed by atoms with Crippen molar-refractivity contribution in [3.05, 3.63) is 42.0 Å². The first kappa shape index (κ1) is 9.48. The molecule has 1 aromatic carbocycles. The summed E-state index contributed by atoms with van der Waals surface area (Å²) < 4.78 is 0. The molecule has 12 heavy (non-hydrogen) atoms. The highest BCUT2D eigenvalue weighted by Gasteiger charge is 1.92. The Morgan fingerprint density at radius 1 is 1.50 bits per heavy atom. The maximum atomic E-state index is 3.89. The van der Waals surface area contributed by atoms with E-state index < -0.39 is 0 Å². The van der Waals surface area contributed by atoms with Gasteiger partial charge in [-0.15, -0.1) is 15.8 Å². The lowest BCUT2D eigenvalue weighted by Crippen LogP contribution is -1.93. The third kappa shape index (κ3) is 3.19. The second kappa shape index (κ2) is 4.42. The molecule has 0 saturated carbocycles. The first-order chi connectivity index (χ1) is 5.68. The number of benzene rings is 1. The summed E-state index contributed by atoms with van der Waals surface area (Å²) in [7, 11) is 2.71. The van der Waals surface area contributed by atoms with Crippen molar-refractivity contribution in [2.75, 3.05) is 0 Å². The van der Waals surface area contributed by atoms with Crippen LogP contribution in [-0.2, 0) is 6.42 Å². The average molecular weight is 178 g/mol. The Balaban J connectivity index is 2.57. The van der Waals surface area contributed by atoms with Gasteiger partial charge in [0.15, 0.2) is 0 Å². The Morgan fingerprint density at radius 3 is 2.83 bits per heavy atom. The van der Waals surface area contributed by atoms with Gasteiger partial charge in [0.1, 0.15) is 0 Å². The molecule has 0 bridgehead atoms. The van der Waals surface area contributed by atoms with Gasteiger partial charge in [0.2, 0.25) is 0 Å². The molecule has 0 aliphatic heterocycles. The second-order valence-corrected chi connectivity index (χ2v) is 3.87. The van der Waals surface area contributed by atoms with Crippen molar-refractivity contribution in [1.82, 2.24) is 0 Å². The Morgan fingerprint density at radius 2 is 2.25 bits per heavy atom. The number of allylic oxidation sites excluding steroid dienone is 1. The fourth-order valence-corrected chi connectivity index (χ4v) is 1.43. The van der Waals surface area contributed by atoms with E-state index in [-0.39, 0.29) is 0 Å². The van der Waals surface area contributed by atoms with Crippen LogP contribution in [0.1, 0.15) is 18.9 Å². The molecule has 0 amide bonds. The highest BCUT2D eigenvalue weighted by Crippen LogP contribution is 2.06. The first-order valence-electron chi connectivity index (χ1n) is 4.17. The Hall–Kier alpha value is -0.610. The Labute approximate surface area is 76.9 Å². The minimum absolute atomic E-state index is 1.09. The fourth-order valence-electron chi connectivity index (χ4n) is 1.11. The summed E-state index contributed by atoms with van der Waals surface area (Å²) in [5, 5.41) is 1.26. The standard InChI is InChI=1S/C11H15P/c1-9(2)6-7-10-4-3-5-11(12)8-10/h3-5,8H,1,6-7,12H2,2H3. The zero-order chi connectivity index (χ0) is 8.97. The van der Waals surface area contributed by atoms with Crippen LogP contribution >= 0.6 is 9.24 Å². The number of hydrogen-bond acceptors (Lipinski definition) is 0. The molecule has 0 aromatic heterocycles. The molecule has 0 radical (unpaired) electrons. The zero-order valence-corrected chi connectivity index (χ0v) is 8.66. The SMILES string of the molecule is C=C(C)CCc1cccc(P)c1. The Kier molecular flexibility index (Phi) is 3.49. The summed E-state index contributed by atoms with van der Waals surface area (Å²) in [5.41, 5.74) is 2.65. The van der Waals surface area contributed by atoms with E-state index in [2.05, 4.69) is 47.0 Å². The molecule has 0 fully saturated rings. The van der Waals surface area contributed by atoms with Crippen molar-refractivity contribution in [3.63, 3.8) is 0 Å². The molecule has 64 valence electrons. The van der Waals surface area contributed by atoms with Gasteiger partial charge in [0.25, 0.3) is 0 Å². The van der Waals surface area contributed by atoms with Crippen LogP contribution in [0.3, 0.4) is 0 Å². The lowest BCUT2D eigenvalue weighted by atomic mass is 10.1. The molecular weight excluding hydrogens is 163 g/mol. The molecule has 0 heterocycles. The van der Waals surface area contributed by atoms with Gasteiger partial charge in [0, 0.05) is 0 Å². The van der Waals surface area contributed by atoms with Gasteiger partial charge in [0.05, 0.1) is 0 Å². The molecule has 0 N–H and O–H groups in total. The van der Waals surface area contributed by atoms with Gasteiger partial charge in [-0.1, -0.05) is 29.8 Å². The summed E-state index contributed by atoms with van der Waals surface area (Å²) in [6.45, 7) is 5.96. The van der Waals surface area contributed by atoms with Crippen LogP contribution in [0.5, 0.6) is 0 Å². The molecule has 0 aliphatic rings. The van der Waals surface area contributed by atoms with Crippen molar-refractivity contribution in [3.8, 4) is 0 Å². The molecule has 1 rings (SSSR count). The predicted octanol–water partition coefficient (Wildman–Crippen LogP) is 2.70. The highest BCUT2D eigenvalue weighted by atomic mass is 31.0. The lowest BCUT2D eigenvalue weighted by Gasteiger charge is -2.01. The third-order valence-corrected chi connectivity index (χ3v) is 2.15. The van der Waals surface area contributed by atoms with Gasteiger partial charge in [-0.3, -0.25) is 0 Å². The maximum absolute atomic E-state index is 3.89. The van der Waals surface area contributed by atoms with Crippen LogP contribution in [0.4, 0.5) is 0 Å². The smallest absolute Gasteiger partial charge is 0.0241 e. The normalized spacial score (nSPS) is 9.83. The van der Waals surface area contributed by atoms with Crippen LogP contribution in [-0.4, -0.2) is 0 Å². The first-order valence-corrected chi connectivity index (χ1v) is 4.75. The summed E-state index contributed by atoms with van der Waals surface area (Å²) in [4.78, 5) is 0. The van der Waals surface area contributed by atoms with E-state index >= 15 is 0 Å². The van der Waals surface area contributed by atoms with Crippen LogP contribution in [0.2, 0.25) is 0 Å². The quantitative estimate of drug-likeness (QED) is 0.493. The van der Waals surface area contributed by atoms with Crippen molar-refractivity contribution < 1.29 is 0 Å². The van der Waals surface area contributed by atoms with E-state index in [9.17, 15) is 0 Å². The summed E-state index contributed by atoms with van der Waals surface area (Å²) >= 11 is 0. The minimum atomic E-state index is 1.09. The van der Waals surface area contributed by atoms with Crippen LogP contribution < -0.4 is 5.30 Å². The van der Waals surface area contributed by atoms with E-state index in [1.54, 1.807) is 0 Å². The molecular formula is C11H15P.